The Bertz CT molecular complexity index is 112. The summed E-state index contributed by atoms with van der Waals surface area (Å²) in [7, 11) is 0. The largest absolute Gasteiger partial charge is 0.259 e. The molecule has 1 rings (SSSR count). The Kier molecular flexibility index (Phi) is 1.87. The highest BCUT2D eigenvalue weighted by Gasteiger charge is 2.02. The van der Waals surface area contributed by atoms with E-state index in [4.69, 9.17) is 5.41 Å². The van der Waals surface area contributed by atoms with Crippen LogP contribution in [0, 0.1) is 5.41 Å². The zero-order valence-electron chi connectivity index (χ0n) is 5.04. The zero-order chi connectivity index (χ0) is 5.82. The molecule has 0 amide bonds. The summed E-state index contributed by atoms with van der Waals surface area (Å²) in [5, 5.41) is 6.81. The predicted octanol–water partition coefficient (Wildman–Crippen LogP) is 2.13. The lowest BCUT2D eigenvalue weighted by molar-refractivity contribution is 0.604. The maximum Gasteiger partial charge on any atom is -0.00945 e. The van der Waals surface area contributed by atoms with Gasteiger partial charge >= 0.3 is 0 Å². The Morgan fingerprint density at radius 3 is 2.12 bits per heavy atom. The van der Waals surface area contributed by atoms with Crippen LogP contribution in [0.25, 0.3) is 0 Å². The number of nitrogens with one attached hydrogen (secondary N) is 1. The molecule has 0 aromatic carbocycles. The standard InChI is InChI=1S/C7H11N/c8-6-7-4-2-1-3-5-7/h8H,1-5H2. The third-order valence-corrected chi connectivity index (χ3v) is 1.63. The first kappa shape index (κ1) is 5.58. The van der Waals surface area contributed by atoms with Crippen LogP contribution in [0.2, 0.25) is 0 Å². The van der Waals surface area contributed by atoms with Gasteiger partial charge in [-0.05, 0) is 37.1 Å². The van der Waals surface area contributed by atoms with E-state index in [1.807, 2.05) is 0 Å². The average molecular weight is 109 g/mol. The molecule has 0 radical (unpaired) electrons. The molecule has 1 aliphatic rings. The average Bonchev–Trinajstić information content (AvgIpc) is 1.90. The van der Waals surface area contributed by atoms with E-state index >= 15 is 0 Å². The van der Waals surface area contributed by atoms with Gasteiger partial charge < -0.3 is 0 Å². The van der Waals surface area contributed by atoms with Crippen molar-refractivity contribution in [1.82, 2.24) is 0 Å². The molecule has 0 aromatic rings. The summed E-state index contributed by atoms with van der Waals surface area (Å²) in [4.78, 5) is 0. The maximum atomic E-state index is 6.81. The summed E-state index contributed by atoms with van der Waals surface area (Å²) in [6, 6.07) is 0. The smallest absolute Gasteiger partial charge is 0.00945 e. The first-order valence-corrected chi connectivity index (χ1v) is 3.21. The highest BCUT2D eigenvalue weighted by molar-refractivity contribution is 5.54. The molecule has 0 unspecified atom stereocenters. The molecule has 1 heteroatoms. The molecule has 0 spiro atoms. The van der Waals surface area contributed by atoms with Crippen LogP contribution in [0.3, 0.4) is 0 Å². The second kappa shape index (κ2) is 2.68. The number of hydrogen-bond donors (Lipinski definition) is 1. The molecule has 0 aliphatic heterocycles. The number of rotatable bonds is 0. The Labute approximate surface area is 49.9 Å². The van der Waals surface area contributed by atoms with E-state index in [1.54, 1.807) is 0 Å². The van der Waals surface area contributed by atoms with Crippen molar-refractivity contribution in [2.75, 3.05) is 0 Å². The summed E-state index contributed by atoms with van der Waals surface area (Å²) in [6.45, 7) is 0. The summed E-state index contributed by atoms with van der Waals surface area (Å²) < 4.78 is 0. The quantitative estimate of drug-likeness (QED) is 0.461. The Morgan fingerprint density at radius 1 is 1.12 bits per heavy atom. The van der Waals surface area contributed by atoms with Gasteiger partial charge in [-0.15, -0.1) is 0 Å². The fourth-order valence-electron chi connectivity index (χ4n) is 1.10. The van der Waals surface area contributed by atoms with Crippen molar-refractivity contribution in [2.45, 2.75) is 32.1 Å². The fraction of sp³-hybridized carbons (Fsp3) is 0.714. The van der Waals surface area contributed by atoms with Gasteiger partial charge in [0.2, 0.25) is 0 Å². The van der Waals surface area contributed by atoms with Crippen LogP contribution in [0.15, 0.2) is 5.57 Å². The molecule has 1 aliphatic carbocycles. The van der Waals surface area contributed by atoms with E-state index in [0.717, 1.165) is 12.8 Å². The van der Waals surface area contributed by atoms with Crippen molar-refractivity contribution in [3.63, 3.8) is 0 Å². The van der Waals surface area contributed by atoms with Gasteiger partial charge in [-0.3, -0.25) is 5.41 Å². The number of allylic oxidation sites excluding steroid dienone is 1. The van der Waals surface area contributed by atoms with Crippen LogP contribution in [0.1, 0.15) is 32.1 Å². The SMILES string of the molecule is N=C=C1CCCCC1. The molecule has 0 saturated heterocycles. The molecule has 8 heavy (non-hydrogen) atoms. The summed E-state index contributed by atoms with van der Waals surface area (Å²) >= 11 is 0. The van der Waals surface area contributed by atoms with Gasteiger partial charge in [-0.25, -0.2) is 0 Å². The van der Waals surface area contributed by atoms with E-state index < -0.39 is 0 Å². The van der Waals surface area contributed by atoms with E-state index in [-0.39, 0.29) is 0 Å². The molecular weight excluding hydrogens is 98.1 g/mol. The summed E-state index contributed by atoms with van der Waals surface area (Å²) in [5.41, 5.74) is 1.22. The van der Waals surface area contributed by atoms with Crippen molar-refractivity contribution in [2.24, 2.45) is 0 Å². The third kappa shape index (κ3) is 1.21. The molecule has 0 heterocycles. The Morgan fingerprint density at radius 2 is 1.75 bits per heavy atom. The van der Waals surface area contributed by atoms with Crippen LogP contribution in [0.4, 0.5) is 0 Å². The molecule has 44 valence electrons. The molecule has 0 bridgehead atoms. The van der Waals surface area contributed by atoms with Crippen molar-refractivity contribution < 1.29 is 0 Å². The van der Waals surface area contributed by atoms with Gasteiger partial charge in [0.1, 0.15) is 0 Å². The lowest BCUT2D eigenvalue weighted by Crippen LogP contribution is -1.92. The Balaban J connectivity index is 2.45. The van der Waals surface area contributed by atoms with E-state index in [9.17, 15) is 0 Å². The molecule has 1 nitrogen and oxygen atoms in total. The van der Waals surface area contributed by atoms with E-state index in [0.29, 0.717) is 0 Å². The van der Waals surface area contributed by atoms with Gasteiger partial charge in [-0.2, -0.15) is 0 Å². The lowest BCUT2D eigenvalue weighted by Gasteiger charge is -2.08. The van der Waals surface area contributed by atoms with Gasteiger partial charge in [0, 0.05) is 0 Å². The lowest BCUT2D eigenvalue weighted by atomic mass is 9.96. The van der Waals surface area contributed by atoms with Crippen molar-refractivity contribution in [3.05, 3.63) is 5.57 Å². The predicted molar refractivity (Wildman–Crippen MR) is 34.3 cm³/mol. The van der Waals surface area contributed by atoms with Gasteiger partial charge in [-0.1, -0.05) is 6.42 Å². The second-order valence-corrected chi connectivity index (χ2v) is 2.29. The molecular formula is C7H11N. The monoisotopic (exact) mass is 109 g/mol. The topological polar surface area (TPSA) is 23.9 Å². The summed E-state index contributed by atoms with van der Waals surface area (Å²) in [5.74, 6) is 2.47. The number of hydrogen-bond acceptors (Lipinski definition) is 1. The van der Waals surface area contributed by atoms with Crippen LogP contribution in [-0.2, 0) is 0 Å². The van der Waals surface area contributed by atoms with Gasteiger partial charge in [0.05, 0.1) is 0 Å². The van der Waals surface area contributed by atoms with Crippen LogP contribution >= 0.6 is 0 Å². The Hall–Kier alpha value is -0.550. The first-order valence-electron chi connectivity index (χ1n) is 3.21. The molecule has 0 aromatic heterocycles. The summed E-state index contributed by atoms with van der Waals surface area (Å²) in [6.07, 6.45) is 6.17. The van der Waals surface area contributed by atoms with Gasteiger partial charge in [0.15, 0.2) is 0 Å². The van der Waals surface area contributed by atoms with Crippen molar-refractivity contribution >= 4 is 5.87 Å². The normalized spacial score (nSPS) is 20.2. The fourth-order valence-corrected chi connectivity index (χ4v) is 1.10. The highest BCUT2D eigenvalue weighted by atomic mass is 14.3. The minimum absolute atomic E-state index is 1.13. The molecule has 0 atom stereocenters. The van der Waals surface area contributed by atoms with Crippen molar-refractivity contribution in [3.8, 4) is 0 Å². The molecule has 1 N–H and O–H groups in total. The molecule has 1 saturated carbocycles. The van der Waals surface area contributed by atoms with Gasteiger partial charge in [0.25, 0.3) is 0 Å². The zero-order valence-corrected chi connectivity index (χ0v) is 5.04. The third-order valence-electron chi connectivity index (χ3n) is 1.63. The minimum atomic E-state index is 1.13. The van der Waals surface area contributed by atoms with Crippen molar-refractivity contribution in [1.29, 1.82) is 5.41 Å². The first-order chi connectivity index (χ1) is 3.93. The molecule has 1 fully saturated rings. The van der Waals surface area contributed by atoms with Crippen LogP contribution in [0.5, 0.6) is 0 Å². The van der Waals surface area contributed by atoms with Crippen LogP contribution in [-0.4, -0.2) is 5.87 Å². The van der Waals surface area contributed by atoms with E-state index in [1.165, 1.54) is 24.8 Å². The van der Waals surface area contributed by atoms with E-state index in [2.05, 4.69) is 5.87 Å². The highest BCUT2D eigenvalue weighted by Crippen LogP contribution is 2.19. The second-order valence-electron chi connectivity index (χ2n) is 2.29. The maximum absolute atomic E-state index is 6.81. The van der Waals surface area contributed by atoms with Crippen LogP contribution < -0.4 is 0 Å². The minimum Gasteiger partial charge on any atom is -0.259 e.